The lowest BCUT2D eigenvalue weighted by Gasteiger charge is -2.08. The Balaban J connectivity index is 1.92. The Labute approximate surface area is 105 Å². The zero-order valence-corrected chi connectivity index (χ0v) is 10.5. The summed E-state index contributed by atoms with van der Waals surface area (Å²) in [6, 6.07) is 3.47. The standard InChI is InChI=1S/C12H17N3O3/c1-8(2)7-16-5-6-17-10-4-3-9(13)11-12(10)15-18-14-11/h3-4,8H,5-7,13H2,1-2H3. The van der Waals surface area contributed by atoms with Crippen molar-refractivity contribution < 1.29 is 14.1 Å². The summed E-state index contributed by atoms with van der Waals surface area (Å²) in [4.78, 5) is 0. The number of nitrogens with two attached hydrogens (primary N) is 1. The first-order chi connectivity index (χ1) is 8.68. The van der Waals surface area contributed by atoms with E-state index >= 15 is 0 Å². The van der Waals surface area contributed by atoms with Crippen LogP contribution < -0.4 is 10.5 Å². The molecule has 0 atom stereocenters. The second-order valence-corrected chi connectivity index (χ2v) is 4.43. The van der Waals surface area contributed by atoms with Crippen molar-refractivity contribution in [3.05, 3.63) is 12.1 Å². The SMILES string of the molecule is CC(C)COCCOc1ccc(N)c2nonc12. The molecular formula is C12H17N3O3. The Kier molecular flexibility index (Phi) is 3.99. The molecule has 0 aliphatic carbocycles. The van der Waals surface area contributed by atoms with Gasteiger partial charge in [0.05, 0.1) is 12.3 Å². The molecule has 0 saturated carbocycles. The molecule has 18 heavy (non-hydrogen) atoms. The molecule has 0 aliphatic heterocycles. The van der Waals surface area contributed by atoms with Crippen molar-refractivity contribution in [2.45, 2.75) is 13.8 Å². The van der Waals surface area contributed by atoms with E-state index < -0.39 is 0 Å². The van der Waals surface area contributed by atoms with Gasteiger partial charge >= 0.3 is 0 Å². The van der Waals surface area contributed by atoms with E-state index in [0.717, 1.165) is 6.61 Å². The molecule has 2 aromatic rings. The molecule has 0 unspecified atom stereocenters. The van der Waals surface area contributed by atoms with Gasteiger partial charge in [0.2, 0.25) is 0 Å². The molecule has 0 bridgehead atoms. The van der Waals surface area contributed by atoms with Crippen molar-refractivity contribution in [2.75, 3.05) is 25.6 Å². The van der Waals surface area contributed by atoms with Crippen LogP contribution in [0.1, 0.15) is 13.8 Å². The van der Waals surface area contributed by atoms with E-state index in [-0.39, 0.29) is 0 Å². The Morgan fingerprint density at radius 2 is 2.00 bits per heavy atom. The van der Waals surface area contributed by atoms with Gasteiger partial charge in [-0.05, 0) is 28.4 Å². The summed E-state index contributed by atoms with van der Waals surface area (Å²) in [5.74, 6) is 1.13. The lowest BCUT2D eigenvalue weighted by molar-refractivity contribution is 0.0822. The van der Waals surface area contributed by atoms with E-state index in [4.69, 9.17) is 15.2 Å². The number of fused-ring (bicyclic) bond motifs is 1. The predicted octanol–water partition coefficient (Wildman–Crippen LogP) is 1.86. The molecule has 1 heterocycles. The molecule has 2 rings (SSSR count). The average Bonchev–Trinajstić information content (AvgIpc) is 2.81. The number of nitrogen functional groups attached to an aromatic ring is 1. The van der Waals surface area contributed by atoms with Crippen LogP contribution in [0.3, 0.4) is 0 Å². The van der Waals surface area contributed by atoms with Gasteiger partial charge in [0.1, 0.15) is 6.61 Å². The average molecular weight is 251 g/mol. The smallest absolute Gasteiger partial charge is 0.179 e. The van der Waals surface area contributed by atoms with E-state index in [9.17, 15) is 0 Å². The van der Waals surface area contributed by atoms with Crippen LogP contribution in [-0.4, -0.2) is 30.1 Å². The third kappa shape index (κ3) is 2.89. The molecule has 0 aliphatic rings. The number of benzene rings is 1. The summed E-state index contributed by atoms with van der Waals surface area (Å²) in [7, 11) is 0. The van der Waals surface area contributed by atoms with E-state index in [1.807, 2.05) is 0 Å². The Morgan fingerprint density at radius 3 is 2.78 bits per heavy atom. The van der Waals surface area contributed by atoms with E-state index in [1.165, 1.54) is 0 Å². The number of nitrogens with zero attached hydrogens (tertiary/aromatic N) is 2. The third-order valence-corrected chi connectivity index (χ3v) is 2.35. The van der Waals surface area contributed by atoms with E-state index in [1.54, 1.807) is 12.1 Å². The molecule has 6 heteroatoms. The van der Waals surface area contributed by atoms with Gasteiger partial charge in [0, 0.05) is 6.61 Å². The largest absolute Gasteiger partial charge is 0.489 e. The number of aromatic nitrogens is 2. The fraction of sp³-hybridized carbons (Fsp3) is 0.500. The summed E-state index contributed by atoms with van der Waals surface area (Å²) in [6.45, 7) is 5.93. The first-order valence-corrected chi connectivity index (χ1v) is 5.89. The maximum Gasteiger partial charge on any atom is 0.179 e. The van der Waals surface area contributed by atoms with Crippen LogP contribution in [0.15, 0.2) is 16.8 Å². The van der Waals surface area contributed by atoms with Gasteiger partial charge in [0.25, 0.3) is 0 Å². The van der Waals surface area contributed by atoms with Gasteiger partial charge in [-0.25, -0.2) is 4.63 Å². The summed E-state index contributed by atoms with van der Waals surface area (Å²) in [5, 5.41) is 7.50. The molecule has 0 saturated heterocycles. The predicted molar refractivity (Wildman–Crippen MR) is 67.4 cm³/mol. The van der Waals surface area contributed by atoms with Crippen molar-refractivity contribution in [3.63, 3.8) is 0 Å². The number of hydrogen-bond donors (Lipinski definition) is 1. The minimum atomic E-state index is 0.457. The van der Waals surface area contributed by atoms with Gasteiger partial charge < -0.3 is 15.2 Å². The number of hydrogen-bond acceptors (Lipinski definition) is 6. The maximum absolute atomic E-state index is 5.74. The fourth-order valence-electron chi connectivity index (χ4n) is 1.51. The third-order valence-electron chi connectivity index (χ3n) is 2.35. The minimum Gasteiger partial charge on any atom is -0.489 e. The Bertz CT molecular complexity index is 510. The fourth-order valence-corrected chi connectivity index (χ4v) is 1.51. The van der Waals surface area contributed by atoms with Crippen molar-refractivity contribution in [1.29, 1.82) is 0 Å². The van der Waals surface area contributed by atoms with Crippen LogP contribution in [-0.2, 0) is 4.74 Å². The highest BCUT2D eigenvalue weighted by atomic mass is 16.6. The van der Waals surface area contributed by atoms with E-state index in [0.29, 0.717) is 41.6 Å². The second kappa shape index (κ2) is 5.68. The van der Waals surface area contributed by atoms with E-state index in [2.05, 4.69) is 28.8 Å². The van der Waals surface area contributed by atoms with Crippen molar-refractivity contribution >= 4 is 16.7 Å². The zero-order chi connectivity index (χ0) is 13.0. The van der Waals surface area contributed by atoms with Gasteiger partial charge in [-0.2, -0.15) is 0 Å². The van der Waals surface area contributed by atoms with Crippen molar-refractivity contribution in [2.24, 2.45) is 5.92 Å². The highest BCUT2D eigenvalue weighted by molar-refractivity contribution is 5.90. The van der Waals surface area contributed by atoms with Crippen LogP contribution in [0.2, 0.25) is 0 Å². The molecule has 2 N–H and O–H groups in total. The molecular weight excluding hydrogens is 234 g/mol. The first-order valence-electron chi connectivity index (χ1n) is 5.89. The van der Waals surface area contributed by atoms with Crippen LogP contribution >= 0.6 is 0 Å². The van der Waals surface area contributed by atoms with Crippen LogP contribution in [0.25, 0.3) is 11.0 Å². The number of ether oxygens (including phenoxy) is 2. The van der Waals surface area contributed by atoms with Crippen LogP contribution in [0.5, 0.6) is 5.75 Å². The molecule has 1 aromatic carbocycles. The zero-order valence-electron chi connectivity index (χ0n) is 10.5. The van der Waals surface area contributed by atoms with Gasteiger partial charge in [-0.1, -0.05) is 13.8 Å². The van der Waals surface area contributed by atoms with Crippen LogP contribution in [0.4, 0.5) is 5.69 Å². The number of anilines is 1. The summed E-state index contributed by atoms with van der Waals surface area (Å²) in [5.41, 5.74) is 7.32. The molecule has 0 fully saturated rings. The lowest BCUT2D eigenvalue weighted by Crippen LogP contribution is -2.10. The molecule has 0 radical (unpaired) electrons. The minimum absolute atomic E-state index is 0.457. The summed E-state index contributed by atoms with van der Waals surface area (Å²) < 4.78 is 15.7. The van der Waals surface area contributed by atoms with Crippen LogP contribution in [0, 0.1) is 5.92 Å². The normalized spacial score (nSPS) is 11.3. The highest BCUT2D eigenvalue weighted by Crippen LogP contribution is 2.26. The molecule has 6 nitrogen and oxygen atoms in total. The van der Waals surface area contributed by atoms with Crippen molar-refractivity contribution in [1.82, 2.24) is 10.3 Å². The Morgan fingerprint density at radius 1 is 1.22 bits per heavy atom. The summed E-state index contributed by atoms with van der Waals surface area (Å²) in [6.07, 6.45) is 0. The second-order valence-electron chi connectivity index (χ2n) is 4.43. The molecule has 1 aromatic heterocycles. The summed E-state index contributed by atoms with van der Waals surface area (Å²) >= 11 is 0. The molecule has 0 amide bonds. The Hall–Kier alpha value is -1.82. The maximum atomic E-state index is 5.74. The quantitative estimate of drug-likeness (QED) is 0.623. The lowest BCUT2D eigenvalue weighted by atomic mass is 10.2. The van der Waals surface area contributed by atoms with Gasteiger partial charge in [0.15, 0.2) is 16.8 Å². The topological polar surface area (TPSA) is 83.4 Å². The van der Waals surface area contributed by atoms with Crippen molar-refractivity contribution in [3.8, 4) is 5.75 Å². The van der Waals surface area contributed by atoms with Gasteiger partial charge in [-0.15, -0.1) is 0 Å². The molecule has 98 valence electrons. The highest BCUT2D eigenvalue weighted by Gasteiger charge is 2.10. The molecule has 0 spiro atoms. The van der Waals surface area contributed by atoms with Gasteiger partial charge in [-0.3, -0.25) is 0 Å². The number of rotatable bonds is 6. The first kappa shape index (κ1) is 12.6. The monoisotopic (exact) mass is 251 g/mol.